The second-order valence-corrected chi connectivity index (χ2v) is 4.79. The van der Waals surface area contributed by atoms with Gasteiger partial charge in [0.05, 0.1) is 25.0 Å². The van der Waals surface area contributed by atoms with E-state index in [1.807, 2.05) is 0 Å². The van der Waals surface area contributed by atoms with Crippen molar-refractivity contribution >= 4 is 28.5 Å². The number of nitrogens with one attached hydrogen (secondary N) is 1. The first kappa shape index (κ1) is 12.5. The highest BCUT2D eigenvalue weighted by molar-refractivity contribution is 6.03. The molecule has 0 aliphatic carbocycles. The summed E-state index contributed by atoms with van der Waals surface area (Å²) in [6, 6.07) is 3.43. The molecular formula is C14H14N2O4. The minimum absolute atomic E-state index is 0.235. The van der Waals surface area contributed by atoms with Gasteiger partial charge in [-0.15, -0.1) is 0 Å². The van der Waals surface area contributed by atoms with Gasteiger partial charge in [-0.25, -0.2) is 0 Å². The Balaban J connectivity index is 2.08. The summed E-state index contributed by atoms with van der Waals surface area (Å²) < 4.78 is 10.6. The normalized spacial score (nSPS) is 19.1. The monoisotopic (exact) mass is 274 g/mol. The van der Waals surface area contributed by atoms with Crippen LogP contribution in [0.15, 0.2) is 22.8 Å². The fourth-order valence-electron chi connectivity index (χ4n) is 2.53. The van der Waals surface area contributed by atoms with Crippen molar-refractivity contribution in [3.05, 3.63) is 24.0 Å². The molecule has 2 aromatic rings. The number of methoxy groups -OCH3 is 1. The van der Waals surface area contributed by atoms with E-state index in [-0.39, 0.29) is 17.7 Å². The maximum Gasteiger partial charge on any atom is 0.234 e. The number of nitrogen functional groups attached to an aromatic ring is 1. The van der Waals surface area contributed by atoms with Gasteiger partial charge in [-0.1, -0.05) is 0 Å². The Bertz CT molecular complexity index is 705. The lowest BCUT2D eigenvalue weighted by Crippen LogP contribution is -2.39. The third-order valence-electron chi connectivity index (χ3n) is 3.57. The fraction of sp³-hybridized carbons (Fsp3) is 0.286. The first-order chi connectivity index (χ1) is 9.60. The van der Waals surface area contributed by atoms with Gasteiger partial charge in [-0.2, -0.15) is 0 Å². The molecule has 1 aliphatic heterocycles. The average Bonchev–Trinajstić information content (AvgIpc) is 2.80. The van der Waals surface area contributed by atoms with Gasteiger partial charge in [0.2, 0.25) is 11.8 Å². The van der Waals surface area contributed by atoms with Gasteiger partial charge in [0.25, 0.3) is 0 Å². The largest absolute Gasteiger partial charge is 0.495 e. The molecule has 0 radical (unpaired) electrons. The Labute approximate surface area is 114 Å². The van der Waals surface area contributed by atoms with Crippen LogP contribution < -0.4 is 15.8 Å². The van der Waals surface area contributed by atoms with Crippen molar-refractivity contribution in [2.24, 2.45) is 0 Å². The quantitative estimate of drug-likeness (QED) is 0.640. The molecule has 1 aromatic carbocycles. The predicted octanol–water partition coefficient (Wildman–Crippen LogP) is 1.54. The van der Waals surface area contributed by atoms with Crippen LogP contribution in [0.3, 0.4) is 0 Å². The van der Waals surface area contributed by atoms with Crippen LogP contribution in [-0.4, -0.2) is 18.9 Å². The molecule has 1 atom stereocenters. The number of furan rings is 1. The predicted molar refractivity (Wildman–Crippen MR) is 72.3 cm³/mol. The Morgan fingerprint density at radius 3 is 2.90 bits per heavy atom. The molecule has 3 N–H and O–H groups in total. The molecule has 1 saturated heterocycles. The van der Waals surface area contributed by atoms with E-state index in [1.165, 1.54) is 7.11 Å². The first-order valence-electron chi connectivity index (χ1n) is 6.28. The lowest BCUT2D eigenvalue weighted by Gasteiger charge is -2.20. The number of fused-ring (bicyclic) bond motifs is 1. The molecule has 1 fully saturated rings. The van der Waals surface area contributed by atoms with E-state index in [0.29, 0.717) is 29.9 Å². The van der Waals surface area contributed by atoms with E-state index in [9.17, 15) is 9.59 Å². The second kappa shape index (κ2) is 4.56. The number of carbonyl (C=O) groups is 2. The van der Waals surface area contributed by atoms with E-state index in [1.54, 1.807) is 18.4 Å². The molecule has 1 unspecified atom stereocenters. The third kappa shape index (κ3) is 1.89. The number of carbonyl (C=O) groups excluding carboxylic acids is 2. The van der Waals surface area contributed by atoms with Crippen molar-refractivity contribution in [2.45, 2.75) is 18.8 Å². The minimum Gasteiger partial charge on any atom is -0.495 e. The Kier molecular flexibility index (Phi) is 2.85. The fourth-order valence-corrected chi connectivity index (χ4v) is 2.53. The lowest BCUT2D eigenvalue weighted by atomic mass is 9.90. The first-order valence-corrected chi connectivity index (χ1v) is 6.28. The molecule has 3 rings (SSSR count). The number of hydrogen-bond donors (Lipinski definition) is 2. The van der Waals surface area contributed by atoms with Crippen molar-refractivity contribution in [1.82, 2.24) is 5.32 Å². The summed E-state index contributed by atoms with van der Waals surface area (Å²) in [6.07, 6.45) is 2.35. The van der Waals surface area contributed by atoms with Crippen LogP contribution >= 0.6 is 0 Å². The molecular weight excluding hydrogens is 260 g/mol. The Morgan fingerprint density at radius 1 is 1.40 bits per heavy atom. The van der Waals surface area contributed by atoms with Crippen molar-refractivity contribution < 1.29 is 18.7 Å². The highest BCUT2D eigenvalue weighted by atomic mass is 16.5. The third-order valence-corrected chi connectivity index (χ3v) is 3.57. The standard InChI is InChI=1S/C14H14N2O4/c1-19-12-4-8-9(6-20-11(8)5-10(12)15)7-2-3-13(17)16-14(7)18/h4-7H,2-3,15H2,1H3,(H,16,17,18). The number of benzene rings is 1. The Morgan fingerprint density at radius 2 is 2.20 bits per heavy atom. The maximum absolute atomic E-state index is 11.9. The Hall–Kier alpha value is -2.50. The highest BCUT2D eigenvalue weighted by Crippen LogP contribution is 2.36. The summed E-state index contributed by atoms with van der Waals surface area (Å²) in [5.74, 6) is -0.379. The number of anilines is 1. The molecule has 0 bridgehead atoms. The molecule has 1 aromatic heterocycles. The van der Waals surface area contributed by atoms with Gasteiger partial charge in [0.15, 0.2) is 0 Å². The zero-order chi connectivity index (χ0) is 14.3. The summed E-state index contributed by atoms with van der Waals surface area (Å²) in [4.78, 5) is 23.1. The smallest absolute Gasteiger partial charge is 0.234 e. The van der Waals surface area contributed by atoms with Gasteiger partial charge in [-0.3, -0.25) is 14.9 Å². The van der Waals surface area contributed by atoms with E-state index in [4.69, 9.17) is 14.9 Å². The molecule has 2 amide bonds. The number of nitrogens with two attached hydrogens (primary N) is 1. The molecule has 0 spiro atoms. The number of hydrogen-bond acceptors (Lipinski definition) is 5. The summed E-state index contributed by atoms with van der Waals surface area (Å²) in [7, 11) is 1.53. The molecule has 20 heavy (non-hydrogen) atoms. The van der Waals surface area contributed by atoms with Crippen LogP contribution in [-0.2, 0) is 9.59 Å². The molecule has 104 valence electrons. The highest BCUT2D eigenvalue weighted by Gasteiger charge is 2.30. The molecule has 6 heteroatoms. The number of imide groups is 1. The van der Waals surface area contributed by atoms with Crippen molar-refractivity contribution in [1.29, 1.82) is 0 Å². The molecule has 6 nitrogen and oxygen atoms in total. The van der Waals surface area contributed by atoms with Crippen molar-refractivity contribution in [3.63, 3.8) is 0 Å². The molecule has 2 heterocycles. The van der Waals surface area contributed by atoms with Gasteiger partial charge >= 0.3 is 0 Å². The van der Waals surface area contributed by atoms with Crippen molar-refractivity contribution in [3.8, 4) is 5.75 Å². The van der Waals surface area contributed by atoms with Crippen molar-refractivity contribution in [2.75, 3.05) is 12.8 Å². The van der Waals surface area contributed by atoms with Crippen LogP contribution in [0.1, 0.15) is 24.3 Å². The van der Waals surface area contributed by atoms with E-state index >= 15 is 0 Å². The van der Waals surface area contributed by atoms with Gasteiger partial charge in [-0.05, 0) is 12.5 Å². The van der Waals surface area contributed by atoms with Gasteiger partial charge in [0, 0.05) is 23.4 Å². The van der Waals surface area contributed by atoms with E-state index in [2.05, 4.69) is 5.32 Å². The summed E-state index contributed by atoms with van der Waals surface area (Å²) in [5, 5.41) is 3.13. The number of piperidine rings is 1. The minimum atomic E-state index is -0.387. The maximum atomic E-state index is 11.9. The number of rotatable bonds is 2. The topological polar surface area (TPSA) is 94.6 Å². The van der Waals surface area contributed by atoms with Gasteiger partial charge in [0.1, 0.15) is 11.3 Å². The second-order valence-electron chi connectivity index (χ2n) is 4.79. The van der Waals surface area contributed by atoms with E-state index < -0.39 is 0 Å². The number of amides is 2. The summed E-state index contributed by atoms with van der Waals surface area (Å²) >= 11 is 0. The number of ether oxygens (including phenoxy) is 1. The molecule has 0 saturated carbocycles. The zero-order valence-electron chi connectivity index (χ0n) is 10.9. The van der Waals surface area contributed by atoms with E-state index in [0.717, 1.165) is 10.9 Å². The van der Waals surface area contributed by atoms with Crippen LogP contribution in [0.25, 0.3) is 11.0 Å². The van der Waals surface area contributed by atoms with Crippen LogP contribution in [0.5, 0.6) is 5.75 Å². The SMILES string of the molecule is COc1cc2c(C3CCC(=O)NC3=O)coc2cc1N. The summed E-state index contributed by atoms with van der Waals surface area (Å²) in [5.41, 5.74) is 7.65. The summed E-state index contributed by atoms with van der Waals surface area (Å²) in [6.45, 7) is 0. The van der Waals surface area contributed by atoms with Crippen LogP contribution in [0.4, 0.5) is 5.69 Å². The van der Waals surface area contributed by atoms with Crippen LogP contribution in [0, 0.1) is 0 Å². The van der Waals surface area contributed by atoms with Crippen LogP contribution in [0.2, 0.25) is 0 Å². The zero-order valence-corrected chi connectivity index (χ0v) is 10.9. The average molecular weight is 274 g/mol. The molecule has 1 aliphatic rings. The van der Waals surface area contributed by atoms with Gasteiger partial charge < -0.3 is 14.9 Å². The lowest BCUT2D eigenvalue weighted by molar-refractivity contribution is -0.134.